The molecule has 0 fully saturated rings. The molecule has 3 aromatic rings. The minimum atomic E-state index is -3.70. The molecule has 0 bridgehead atoms. The topological polar surface area (TPSA) is 121 Å². The number of carbonyl (C=O) groups is 1. The zero-order valence-electron chi connectivity index (χ0n) is 14.0. The number of ether oxygens (including phenoxy) is 2. The van der Waals surface area contributed by atoms with Crippen LogP contribution in [0.15, 0.2) is 45.9 Å². The minimum absolute atomic E-state index is 0.00446. The Morgan fingerprint density at radius 2 is 1.96 bits per heavy atom. The molecule has 1 aliphatic heterocycles. The number of nitrogens with zero attached hydrogens (tertiary/aromatic N) is 2. The molecule has 0 aliphatic carbocycles. The van der Waals surface area contributed by atoms with E-state index in [-0.39, 0.29) is 41.8 Å². The van der Waals surface area contributed by atoms with Gasteiger partial charge >= 0.3 is 0 Å². The average molecular weight is 389 g/mol. The molecule has 1 aliphatic rings. The molecule has 9 nitrogen and oxygen atoms in total. The van der Waals surface area contributed by atoms with Gasteiger partial charge in [-0.1, -0.05) is 12.1 Å². The predicted octanol–water partition coefficient (Wildman–Crippen LogP) is 1.43. The van der Waals surface area contributed by atoms with Crippen molar-refractivity contribution in [2.75, 3.05) is 12.5 Å². The molecule has 0 atom stereocenters. The van der Waals surface area contributed by atoms with Crippen LogP contribution in [0.5, 0.6) is 11.5 Å². The standard InChI is InChI=1S/C17H15N3O6S/c21-16(18-9-11-4-5-13-14(8-11)25-10-24-13)6-7-27(22,23)15-3-1-2-12-17(15)20-26-19-12/h1-5,8H,6-7,9-10H2,(H,18,21). The van der Waals surface area contributed by atoms with Gasteiger partial charge in [0, 0.05) is 13.0 Å². The molecule has 10 heteroatoms. The van der Waals surface area contributed by atoms with Crippen molar-refractivity contribution in [2.24, 2.45) is 0 Å². The fourth-order valence-corrected chi connectivity index (χ4v) is 4.11. The number of fused-ring (bicyclic) bond motifs is 2. The van der Waals surface area contributed by atoms with E-state index in [4.69, 9.17) is 9.47 Å². The maximum Gasteiger partial charge on any atom is 0.231 e. The maximum atomic E-state index is 12.5. The lowest BCUT2D eigenvalue weighted by atomic mass is 10.2. The van der Waals surface area contributed by atoms with E-state index >= 15 is 0 Å². The van der Waals surface area contributed by atoms with E-state index in [2.05, 4.69) is 20.3 Å². The third-order valence-electron chi connectivity index (χ3n) is 4.11. The van der Waals surface area contributed by atoms with Crippen LogP contribution in [0.2, 0.25) is 0 Å². The van der Waals surface area contributed by atoms with Crippen LogP contribution in [0.4, 0.5) is 0 Å². The third-order valence-corrected chi connectivity index (χ3v) is 5.85. The van der Waals surface area contributed by atoms with Gasteiger partial charge in [-0.2, -0.15) is 0 Å². The van der Waals surface area contributed by atoms with Crippen LogP contribution in [0.25, 0.3) is 11.0 Å². The number of nitrogens with one attached hydrogen (secondary N) is 1. The van der Waals surface area contributed by atoms with Crippen molar-refractivity contribution in [2.45, 2.75) is 17.9 Å². The molecule has 4 rings (SSSR count). The summed E-state index contributed by atoms with van der Waals surface area (Å²) >= 11 is 0. The number of benzene rings is 2. The fourth-order valence-electron chi connectivity index (χ4n) is 2.71. The first kappa shape index (κ1) is 17.3. The zero-order valence-corrected chi connectivity index (χ0v) is 14.9. The highest BCUT2D eigenvalue weighted by molar-refractivity contribution is 7.91. The second kappa shape index (κ2) is 6.88. The molecule has 140 valence electrons. The first-order valence-electron chi connectivity index (χ1n) is 8.12. The van der Waals surface area contributed by atoms with Gasteiger partial charge in [-0.05, 0) is 40.1 Å². The molecule has 0 unspecified atom stereocenters. The summed E-state index contributed by atoms with van der Waals surface area (Å²) in [6, 6.07) is 9.93. The van der Waals surface area contributed by atoms with Gasteiger partial charge in [-0.15, -0.1) is 0 Å². The molecular formula is C17H15N3O6S. The van der Waals surface area contributed by atoms with Crippen molar-refractivity contribution < 1.29 is 27.3 Å². The number of hydrogen-bond donors (Lipinski definition) is 1. The number of carbonyl (C=O) groups excluding carboxylic acids is 1. The Labute approximate surface area is 154 Å². The Balaban J connectivity index is 1.36. The van der Waals surface area contributed by atoms with Gasteiger partial charge in [0.25, 0.3) is 0 Å². The van der Waals surface area contributed by atoms with E-state index in [1.54, 1.807) is 24.3 Å². The lowest BCUT2D eigenvalue weighted by molar-refractivity contribution is -0.120. The zero-order chi connectivity index (χ0) is 18.9. The fraction of sp³-hybridized carbons (Fsp3) is 0.235. The molecule has 2 aromatic carbocycles. The Morgan fingerprint density at radius 1 is 1.11 bits per heavy atom. The van der Waals surface area contributed by atoms with E-state index in [1.165, 1.54) is 6.07 Å². The van der Waals surface area contributed by atoms with Crippen molar-refractivity contribution in [1.29, 1.82) is 0 Å². The van der Waals surface area contributed by atoms with Gasteiger partial charge in [0.1, 0.15) is 5.52 Å². The second-order valence-electron chi connectivity index (χ2n) is 5.92. The van der Waals surface area contributed by atoms with Crippen molar-refractivity contribution in [1.82, 2.24) is 15.6 Å². The van der Waals surface area contributed by atoms with Gasteiger partial charge in [0.2, 0.25) is 12.7 Å². The van der Waals surface area contributed by atoms with E-state index in [0.717, 1.165) is 5.56 Å². The highest BCUT2D eigenvalue weighted by Crippen LogP contribution is 2.32. The summed E-state index contributed by atoms with van der Waals surface area (Å²) < 4.78 is 40.2. The highest BCUT2D eigenvalue weighted by atomic mass is 32.2. The molecule has 27 heavy (non-hydrogen) atoms. The molecule has 1 amide bonds. The Bertz CT molecular complexity index is 1110. The van der Waals surface area contributed by atoms with Gasteiger partial charge in [0.05, 0.1) is 10.6 Å². The van der Waals surface area contributed by atoms with Crippen LogP contribution < -0.4 is 14.8 Å². The maximum absolute atomic E-state index is 12.5. The van der Waals surface area contributed by atoms with E-state index in [0.29, 0.717) is 17.0 Å². The van der Waals surface area contributed by atoms with Gasteiger partial charge in [0.15, 0.2) is 26.9 Å². The smallest absolute Gasteiger partial charge is 0.231 e. The minimum Gasteiger partial charge on any atom is -0.454 e. The van der Waals surface area contributed by atoms with Crippen molar-refractivity contribution in [3.63, 3.8) is 0 Å². The Hall–Kier alpha value is -3.14. The van der Waals surface area contributed by atoms with Crippen LogP contribution in [0.3, 0.4) is 0 Å². The SMILES string of the molecule is O=C(CCS(=O)(=O)c1cccc2nonc12)NCc1ccc2c(c1)OCO2. The Kier molecular flexibility index (Phi) is 4.40. The largest absolute Gasteiger partial charge is 0.454 e. The molecule has 1 aromatic heterocycles. The number of hydrogen-bond acceptors (Lipinski definition) is 8. The summed E-state index contributed by atoms with van der Waals surface area (Å²) in [6.45, 7) is 0.440. The average Bonchev–Trinajstić information content (AvgIpc) is 3.32. The monoisotopic (exact) mass is 389 g/mol. The van der Waals surface area contributed by atoms with Gasteiger partial charge < -0.3 is 14.8 Å². The molecule has 0 saturated carbocycles. The molecule has 0 radical (unpaired) electrons. The molecule has 0 spiro atoms. The van der Waals surface area contributed by atoms with E-state index < -0.39 is 9.84 Å². The summed E-state index contributed by atoms with van der Waals surface area (Å²) in [5, 5.41) is 9.96. The normalized spacial score (nSPS) is 13.0. The number of aromatic nitrogens is 2. The molecule has 1 N–H and O–H groups in total. The summed E-state index contributed by atoms with van der Waals surface area (Å²) in [4.78, 5) is 12.1. The predicted molar refractivity (Wildman–Crippen MR) is 92.9 cm³/mol. The molecule has 0 saturated heterocycles. The quantitative estimate of drug-likeness (QED) is 0.672. The number of sulfone groups is 1. The lowest BCUT2D eigenvalue weighted by Gasteiger charge is -2.07. The summed E-state index contributed by atoms with van der Waals surface area (Å²) in [5.74, 6) is 0.569. The first-order valence-corrected chi connectivity index (χ1v) is 9.77. The van der Waals surface area contributed by atoms with E-state index in [9.17, 15) is 13.2 Å². The van der Waals surface area contributed by atoms with Crippen molar-refractivity contribution >= 4 is 26.8 Å². The summed E-state index contributed by atoms with van der Waals surface area (Å²) in [7, 11) is -3.70. The number of rotatable bonds is 6. The van der Waals surface area contributed by atoms with Gasteiger partial charge in [-0.3, -0.25) is 4.79 Å². The third kappa shape index (κ3) is 3.56. The number of amides is 1. The van der Waals surface area contributed by atoms with Crippen LogP contribution in [-0.2, 0) is 21.2 Å². The lowest BCUT2D eigenvalue weighted by Crippen LogP contribution is -2.25. The first-order chi connectivity index (χ1) is 13.0. The van der Waals surface area contributed by atoms with Crippen LogP contribution in [-0.4, -0.2) is 37.2 Å². The highest BCUT2D eigenvalue weighted by Gasteiger charge is 2.21. The second-order valence-corrected chi connectivity index (χ2v) is 8.00. The van der Waals surface area contributed by atoms with Crippen molar-refractivity contribution in [3.8, 4) is 11.5 Å². The van der Waals surface area contributed by atoms with Crippen LogP contribution in [0, 0.1) is 0 Å². The summed E-state index contributed by atoms with van der Waals surface area (Å²) in [6.07, 6.45) is -0.172. The van der Waals surface area contributed by atoms with Crippen molar-refractivity contribution in [3.05, 3.63) is 42.0 Å². The van der Waals surface area contributed by atoms with E-state index in [1.807, 2.05) is 6.07 Å². The summed E-state index contributed by atoms with van der Waals surface area (Å²) in [5.41, 5.74) is 1.34. The molecule has 2 heterocycles. The van der Waals surface area contributed by atoms with Gasteiger partial charge in [-0.25, -0.2) is 13.0 Å². The Morgan fingerprint density at radius 3 is 2.85 bits per heavy atom. The van der Waals surface area contributed by atoms with Crippen LogP contribution >= 0.6 is 0 Å². The van der Waals surface area contributed by atoms with Crippen LogP contribution in [0.1, 0.15) is 12.0 Å². The molecular weight excluding hydrogens is 374 g/mol.